The topological polar surface area (TPSA) is 43.4 Å². The van der Waals surface area contributed by atoms with Crippen LogP contribution in [0.1, 0.15) is 26.7 Å². The molecule has 0 heterocycles. The van der Waals surface area contributed by atoms with Gasteiger partial charge in [0.15, 0.2) is 0 Å². The summed E-state index contributed by atoms with van der Waals surface area (Å²) in [5.74, 6) is 0.427. The predicted octanol–water partition coefficient (Wildman–Crippen LogP) is 4.86. The summed E-state index contributed by atoms with van der Waals surface area (Å²) in [6.45, 7) is 4.11. The third kappa shape index (κ3) is 5.43. The number of hydrogen-bond acceptors (Lipinski definition) is 3. The van der Waals surface area contributed by atoms with Crippen LogP contribution in [0.2, 0.25) is 5.02 Å². The fourth-order valence-electron chi connectivity index (χ4n) is 1.89. The van der Waals surface area contributed by atoms with Crippen molar-refractivity contribution in [1.29, 1.82) is 0 Å². The number of halogens is 3. The predicted molar refractivity (Wildman–Crippen MR) is 87.3 cm³/mol. The Morgan fingerprint density at radius 2 is 1.90 bits per heavy atom. The maximum atomic E-state index is 11.4. The molecule has 0 spiro atoms. The number of rotatable bonds is 7. The summed E-state index contributed by atoms with van der Waals surface area (Å²) in [4.78, 5) is 0. The zero-order valence-corrected chi connectivity index (χ0v) is 15.2. The Morgan fingerprint density at radius 1 is 1.30 bits per heavy atom. The van der Waals surface area contributed by atoms with Crippen LogP contribution in [0.25, 0.3) is 0 Å². The molecule has 0 aromatic heterocycles. The highest BCUT2D eigenvalue weighted by molar-refractivity contribution is 9.10. The molecule has 0 amide bonds. The molecule has 0 fully saturated rings. The highest BCUT2D eigenvalue weighted by Gasteiger charge is 2.32. The highest BCUT2D eigenvalue weighted by Crippen LogP contribution is 2.33. The van der Waals surface area contributed by atoms with Crippen LogP contribution in [0.3, 0.4) is 0 Å². The fraction of sp³-hybridized carbons (Fsp3) is 0.538. The number of ether oxygens (including phenoxy) is 1. The van der Waals surface area contributed by atoms with Crippen LogP contribution >= 0.6 is 38.2 Å². The average Bonchev–Trinajstić information content (AvgIpc) is 2.35. The largest absolute Gasteiger partial charge is 0.491 e. The van der Waals surface area contributed by atoms with Crippen LogP contribution < -0.4 is 4.74 Å². The Labute approximate surface area is 138 Å². The first-order valence-electron chi connectivity index (χ1n) is 6.21. The third-order valence-corrected chi connectivity index (χ3v) is 5.48. The van der Waals surface area contributed by atoms with Gasteiger partial charge in [-0.2, -0.15) is 0 Å². The van der Waals surface area contributed by atoms with Gasteiger partial charge in [0.1, 0.15) is 5.75 Å². The molecular formula is C13H17BrCl2O3S. The molecule has 1 aromatic carbocycles. The van der Waals surface area contributed by atoms with Crippen molar-refractivity contribution in [3.8, 4) is 5.75 Å². The van der Waals surface area contributed by atoms with E-state index in [1.165, 1.54) is 0 Å². The lowest BCUT2D eigenvalue weighted by molar-refractivity contribution is 0.155. The Bertz CT molecular complexity index is 557. The van der Waals surface area contributed by atoms with Crippen molar-refractivity contribution in [2.75, 3.05) is 12.4 Å². The van der Waals surface area contributed by atoms with Crippen molar-refractivity contribution in [1.82, 2.24) is 0 Å². The van der Waals surface area contributed by atoms with E-state index in [1.54, 1.807) is 12.1 Å². The van der Waals surface area contributed by atoms with Crippen molar-refractivity contribution in [3.63, 3.8) is 0 Å². The van der Waals surface area contributed by atoms with Gasteiger partial charge in [-0.05, 0) is 31.0 Å². The first-order valence-corrected chi connectivity index (χ1v) is 9.86. The van der Waals surface area contributed by atoms with Crippen LogP contribution in [-0.4, -0.2) is 20.8 Å². The molecule has 114 valence electrons. The molecule has 0 aliphatic heterocycles. The van der Waals surface area contributed by atoms with Crippen LogP contribution in [0.15, 0.2) is 22.7 Å². The van der Waals surface area contributed by atoms with Gasteiger partial charge >= 0.3 is 0 Å². The normalized spacial score (nSPS) is 12.4. The van der Waals surface area contributed by atoms with Gasteiger partial charge < -0.3 is 4.74 Å². The van der Waals surface area contributed by atoms with E-state index < -0.39 is 14.5 Å². The lowest BCUT2D eigenvalue weighted by atomic mass is 9.85. The van der Waals surface area contributed by atoms with E-state index in [4.69, 9.17) is 27.0 Å². The van der Waals surface area contributed by atoms with Gasteiger partial charge in [-0.25, -0.2) is 8.42 Å². The Kier molecular flexibility index (Phi) is 6.64. The van der Waals surface area contributed by atoms with Gasteiger partial charge in [0.25, 0.3) is 0 Å². The maximum absolute atomic E-state index is 11.4. The van der Waals surface area contributed by atoms with Gasteiger partial charge in [0.2, 0.25) is 9.05 Å². The molecule has 3 nitrogen and oxygen atoms in total. The molecule has 20 heavy (non-hydrogen) atoms. The van der Waals surface area contributed by atoms with Crippen LogP contribution in [-0.2, 0) is 9.05 Å². The van der Waals surface area contributed by atoms with E-state index in [1.807, 2.05) is 19.9 Å². The quantitative estimate of drug-likeness (QED) is 0.610. The van der Waals surface area contributed by atoms with Crippen molar-refractivity contribution in [2.45, 2.75) is 26.7 Å². The zero-order chi connectivity index (χ0) is 15.4. The maximum Gasteiger partial charge on any atom is 0.233 e. The standard InChI is InChI=1S/C13H17BrCl2O3S/c1-3-13(4-2,9-20(16,17)18)8-19-12-6-5-10(14)7-11(12)15/h5-7H,3-4,8-9H2,1-2H3. The molecule has 0 aliphatic rings. The fourth-order valence-corrected chi connectivity index (χ4v) is 4.53. The highest BCUT2D eigenvalue weighted by atomic mass is 79.9. The molecule has 7 heteroatoms. The van der Waals surface area contributed by atoms with E-state index in [-0.39, 0.29) is 12.4 Å². The zero-order valence-electron chi connectivity index (χ0n) is 11.3. The van der Waals surface area contributed by atoms with Crippen LogP contribution in [0.5, 0.6) is 5.75 Å². The molecular weight excluding hydrogens is 387 g/mol. The van der Waals surface area contributed by atoms with Gasteiger partial charge in [-0.3, -0.25) is 0 Å². The molecule has 0 radical (unpaired) electrons. The molecule has 1 rings (SSSR count). The van der Waals surface area contributed by atoms with Crippen LogP contribution in [0.4, 0.5) is 0 Å². The van der Waals surface area contributed by atoms with Crippen LogP contribution in [0, 0.1) is 5.41 Å². The minimum absolute atomic E-state index is 0.108. The first kappa shape index (κ1) is 18.1. The van der Waals surface area contributed by atoms with E-state index in [0.717, 1.165) is 4.47 Å². The second-order valence-electron chi connectivity index (χ2n) is 4.75. The number of benzene rings is 1. The Balaban J connectivity index is 2.86. The monoisotopic (exact) mass is 402 g/mol. The van der Waals surface area contributed by atoms with Crippen molar-refractivity contribution < 1.29 is 13.2 Å². The Hall–Kier alpha value is 0.0300. The first-order chi connectivity index (χ1) is 9.21. The summed E-state index contributed by atoms with van der Waals surface area (Å²) in [6.07, 6.45) is 1.31. The molecule has 0 saturated heterocycles. The van der Waals surface area contributed by atoms with Gasteiger partial charge in [0, 0.05) is 20.6 Å². The van der Waals surface area contributed by atoms with Crippen molar-refractivity contribution in [2.24, 2.45) is 5.41 Å². The lowest BCUT2D eigenvalue weighted by Crippen LogP contribution is -2.33. The smallest absolute Gasteiger partial charge is 0.233 e. The van der Waals surface area contributed by atoms with Crippen molar-refractivity contribution in [3.05, 3.63) is 27.7 Å². The lowest BCUT2D eigenvalue weighted by Gasteiger charge is -2.30. The van der Waals surface area contributed by atoms with Gasteiger partial charge in [0.05, 0.1) is 17.4 Å². The molecule has 0 aliphatic carbocycles. The summed E-state index contributed by atoms with van der Waals surface area (Å²) < 4.78 is 29.3. The minimum Gasteiger partial charge on any atom is -0.491 e. The minimum atomic E-state index is -3.58. The second kappa shape index (κ2) is 7.34. The number of hydrogen-bond donors (Lipinski definition) is 0. The van der Waals surface area contributed by atoms with Gasteiger partial charge in [-0.15, -0.1) is 0 Å². The summed E-state index contributed by atoms with van der Waals surface area (Å²) in [5, 5.41) is 0.481. The SMILES string of the molecule is CCC(CC)(COc1ccc(Br)cc1Cl)CS(=O)(=O)Cl. The molecule has 0 saturated carbocycles. The van der Waals surface area contributed by atoms with Crippen molar-refractivity contribution >= 4 is 47.3 Å². The second-order valence-corrected chi connectivity index (χ2v) is 8.85. The molecule has 1 aromatic rings. The van der Waals surface area contributed by atoms with E-state index in [2.05, 4.69) is 15.9 Å². The summed E-state index contributed by atoms with van der Waals surface area (Å²) in [6, 6.07) is 5.30. The van der Waals surface area contributed by atoms with E-state index >= 15 is 0 Å². The molecule has 0 atom stereocenters. The molecule has 0 unspecified atom stereocenters. The summed E-state index contributed by atoms with van der Waals surface area (Å²) in [5.41, 5.74) is -0.503. The Morgan fingerprint density at radius 3 is 2.35 bits per heavy atom. The van der Waals surface area contributed by atoms with E-state index in [0.29, 0.717) is 23.6 Å². The van der Waals surface area contributed by atoms with E-state index in [9.17, 15) is 8.42 Å². The summed E-state index contributed by atoms with van der Waals surface area (Å²) in [7, 11) is 1.82. The molecule has 0 bridgehead atoms. The average molecular weight is 404 g/mol. The molecule has 0 N–H and O–H groups in total. The summed E-state index contributed by atoms with van der Waals surface area (Å²) >= 11 is 9.40. The van der Waals surface area contributed by atoms with Gasteiger partial charge in [-0.1, -0.05) is 41.4 Å². The third-order valence-electron chi connectivity index (χ3n) is 3.41.